The minimum atomic E-state index is -0.962. The van der Waals surface area contributed by atoms with Gasteiger partial charge in [-0.1, -0.05) is 151 Å². The Kier molecular flexibility index (Phi) is 16.2. The zero-order valence-corrected chi connectivity index (χ0v) is 32.9. The molecule has 2 fully saturated rings. The van der Waals surface area contributed by atoms with Gasteiger partial charge in [-0.05, 0) is 78.5 Å². The van der Waals surface area contributed by atoms with Crippen LogP contribution in [-0.4, -0.2) is 42.6 Å². The highest BCUT2D eigenvalue weighted by molar-refractivity contribution is 7.75. The quantitative estimate of drug-likeness (QED) is 0.0704. The number of nitrogens with one attached hydrogen (secondary N) is 3. The third kappa shape index (κ3) is 12.5. The lowest BCUT2D eigenvalue weighted by Gasteiger charge is -2.28. The van der Waals surface area contributed by atoms with Crippen molar-refractivity contribution in [1.29, 1.82) is 0 Å². The monoisotopic (exact) mass is 696 g/mol. The minimum Gasteiger partial charge on any atom is -0.275 e. The maximum absolute atomic E-state index is 4.03. The number of fused-ring (bicyclic) bond motifs is 1. The second kappa shape index (κ2) is 21.0. The normalized spacial score (nSPS) is 17.4. The molecule has 272 valence electrons. The van der Waals surface area contributed by atoms with Crippen LogP contribution in [-0.2, 0) is 12.6 Å². The summed E-state index contributed by atoms with van der Waals surface area (Å²) in [6, 6.07) is 26.7. The summed E-state index contributed by atoms with van der Waals surface area (Å²) in [6.45, 7) is 7.11. The molecule has 3 nitrogen and oxygen atoms in total. The van der Waals surface area contributed by atoms with Crippen LogP contribution >= 0.6 is 7.26 Å². The third-order valence-corrected chi connectivity index (χ3v) is 16.3. The van der Waals surface area contributed by atoms with Crippen LogP contribution in [0.2, 0.25) is 0 Å². The molecule has 0 aromatic heterocycles. The van der Waals surface area contributed by atoms with E-state index in [-0.39, 0.29) is 6.04 Å². The van der Waals surface area contributed by atoms with Gasteiger partial charge in [-0.25, -0.2) is 0 Å². The average molecular weight is 696 g/mol. The molecule has 2 aliphatic rings. The van der Waals surface area contributed by atoms with Crippen LogP contribution in [0.25, 0.3) is 16.8 Å². The van der Waals surface area contributed by atoms with E-state index in [0.29, 0.717) is 12.1 Å². The molecule has 50 heavy (non-hydrogen) atoms. The second-order valence-corrected chi connectivity index (χ2v) is 20.1. The van der Waals surface area contributed by atoms with Crippen LogP contribution in [0.1, 0.15) is 140 Å². The van der Waals surface area contributed by atoms with E-state index >= 15 is 0 Å². The van der Waals surface area contributed by atoms with Crippen molar-refractivity contribution in [3.8, 4) is 0 Å². The first kappa shape index (κ1) is 38.6. The molecule has 3 aromatic carbocycles. The molecule has 3 N–H and O–H groups in total. The van der Waals surface area contributed by atoms with Crippen molar-refractivity contribution in [2.75, 3.05) is 18.5 Å². The molecule has 2 saturated carbocycles. The van der Waals surface area contributed by atoms with Gasteiger partial charge in [0.2, 0.25) is 0 Å². The van der Waals surface area contributed by atoms with Crippen LogP contribution < -0.4 is 15.6 Å². The van der Waals surface area contributed by atoms with Crippen molar-refractivity contribution in [3.63, 3.8) is 0 Å². The van der Waals surface area contributed by atoms with E-state index in [1.807, 2.05) is 0 Å². The zero-order valence-electron chi connectivity index (χ0n) is 32.0. The molecule has 1 atom stereocenters. The molecule has 0 radical (unpaired) electrons. The van der Waals surface area contributed by atoms with Crippen LogP contribution in [0.15, 0.2) is 72.8 Å². The molecule has 0 saturated heterocycles. The standard InChI is InChI=1S/C46H69N3P/c1-4-7-32-50(33-8-5-2,34-9-6-3)37-39-26-24-38(25-27-39)29-31-45(36-40-28-30-41-18-16-17-19-42(41)35-40)49-46(47-43-20-12-10-13-21-43)48-44-22-14-11-15-23-44/h16-19,24-31,35,43-45H,4-15,20-23,32-34,36-37H2,1-3H3,(H2,47,48,49)/q+1/p+1/b31-29-/t45-/m1/s1. The maximum atomic E-state index is 4.03. The van der Waals surface area contributed by atoms with E-state index < -0.39 is 7.26 Å². The first-order valence-electron chi connectivity index (χ1n) is 20.8. The zero-order chi connectivity index (χ0) is 34.9. The lowest BCUT2D eigenvalue weighted by Crippen LogP contribution is -2.86. The van der Waals surface area contributed by atoms with Gasteiger partial charge < -0.3 is 0 Å². The van der Waals surface area contributed by atoms with Gasteiger partial charge in [0.25, 0.3) is 0 Å². The van der Waals surface area contributed by atoms with Crippen molar-refractivity contribution in [3.05, 3.63) is 89.5 Å². The van der Waals surface area contributed by atoms with E-state index in [0.717, 1.165) is 12.4 Å². The summed E-state index contributed by atoms with van der Waals surface area (Å²) in [4.78, 5) is 3.98. The van der Waals surface area contributed by atoms with Crippen LogP contribution in [0.4, 0.5) is 0 Å². The van der Waals surface area contributed by atoms with Gasteiger partial charge in [0, 0.05) is 13.7 Å². The Bertz CT molecular complexity index is 1430. The molecular formula is C46H70N3P+2. The molecule has 0 heterocycles. The Morgan fingerprint density at radius 1 is 0.720 bits per heavy atom. The Labute approximate surface area is 306 Å². The van der Waals surface area contributed by atoms with Crippen LogP contribution in [0.5, 0.6) is 0 Å². The maximum Gasteiger partial charge on any atom is 0.344 e. The first-order valence-corrected chi connectivity index (χ1v) is 23.4. The molecule has 5 rings (SSSR count). The van der Waals surface area contributed by atoms with Crippen molar-refractivity contribution in [2.24, 2.45) is 0 Å². The molecule has 0 spiro atoms. The Hall–Kier alpha value is -2.64. The van der Waals surface area contributed by atoms with Crippen molar-refractivity contribution < 1.29 is 4.99 Å². The molecule has 0 amide bonds. The number of hydrogen-bond donors (Lipinski definition) is 3. The Balaban J connectivity index is 1.36. The SMILES string of the molecule is CCCC[P+](CCCC)(CCCC)Cc1ccc(/C=C\[C@H](Cc2ccc3ccccc3c2)NC(NC2CCCCC2)=[NH+]C2CCCCC2)cc1. The lowest BCUT2D eigenvalue weighted by molar-refractivity contribution is -0.512. The van der Waals surface area contributed by atoms with E-state index in [1.54, 1.807) is 5.56 Å². The number of hydrogen-bond acceptors (Lipinski definition) is 0. The highest BCUT2D eigenvalue weighted by atomic mass is 31.2. The Morgan fingerprint density at radius 3 is 1.96 bits per heavy atom. The highest BCUT2D eigenvalue weighted by Crippen LogP contribution is 2.63. The summed E-state index contributed by atoms with van der Waals surface area (Å²) in [5, 5.41) is 10.6. The van der Waals surface area contributed by atoms with Gasteiger partial charge in [-0.15, -0.1) is 0 Å². The van der Waals surface area contributed by atoms with E-state index in [1.165, 1.54) is 149 Å². The van der Waals surface area contributed by atoms with Gasteiger partial charge in [-0.3, -0.25) is 15.6 Å². The molecule has 3 aromatic rings. The predicted molar refractivity (Wildman–Crippen MR) is 223 cm³/mol. The van der Waals surface area contributed by atoms with E-state index in [4.69, 9.17) is 0 Å². The van der Waals surface area contributed by atoms with E-state index in [2.05, 4.69) is 115 Å². The molecule has 2 aliphatic carbocycles. The summed E-state index contributed by atoms with van der Waals surface area (Å²) in [7, 11) is -0.962. The van der Waals surface area contributed by atoms with E-state index in [9.17, 15) is 0 Å². The largest absolute Gasteiger partial charge is 0.344 e. The number of guanidine groups is 1. The fourth-order valence-electron chi connectivity index (χ4n) is 8.40. The third-order valence-electron chi connectivity index (χ3n) is 11.5. The van der Waals surface area contributed by atoms with Crippen LogP contribution in [0, 0.1) is 0 Å². The number of rotatable bonds is 18. The summed E-state index contributed by atoms with van der Waals surface area (Å²) < 4.78 is 0. The lowest BCUT2D eigenvalue weighted by atomic mass is 9.95. The molecule has 4 heteroatoms. The summed E-state index contributed by atoms with van der Waals surface area (Å²) >= 11 is 0. The van der Waals surface area contributed by atoms with Gasteiger partial charge in [0.15, 0.2) is 0 Å². The second-order valence-electron chi connectivity index (χ2n) is 15.8. The van der Waals surface area contributed by atoms with Crippen LogP contribution in [0.3, 0.4) is 0 Å². The summed E-state index contributed by atoms with van der Waals surface area (Å²) in [5.74, 6) is 1.15. The topological polar surface area (TPSA) is 38.0 Å². The fourth-order valence-corrected chi connectivity index (χ4v) is 13.5. The molecule has 0 bridgehead atoms. The Morgan fingerprint density at radius 2 is 1.32 bits per heavy atom. The van der Waals surface area contributed by atoms with Crippen molar-refractivity contribution >= 4 is 30.1 Å². The first-order chi connectivity index (χ1) is 24.6. The van der Waals surface area contributed by atoms with Crippen molar-refractivity contribution in [2.45, 2.75) is 154 Å². The fraction of sp³-hybridized carbons (Fsp3) is 0.587. The minimum absolute atomic E-state index is 0.175. The van der Waals surface area contributed by atoms with Gasteiger partial charge >= 0.3 is 5.96 Å². The van der Waals surface area contributed by atoms with Gasteiger partial charge in [-0.2, -0.15) is 0 Å². The van der Waals surface area contributed by atoms with Crippen molar-refractivity contribution in [1.82, 2.24) is 10.6 Å². The smallest absolute Gasteiger partial charge is 0.275 e. The number of unbranched alkanes of at least 4 members (excludes halogenated alkanes) is 3. The summed E-state index contributed by atoms with van der Waals surface area (Å²) in [6.07, 6.45) is 32.9. The highest BCUT2D eigenvalue weighted by Gasteiger charge is 2.35. The molecular weight excluding hydrogens is 626 g/mol. The van der Waals surface area contributed by atoms with Gasteiger partial charge in [0.1, 0.15) is 0 Å². The predicted octanol–water partition coefficient (Wildman–Crippen LogP) is 10.7. The molecule has 0 unspecified atom stereocenters. The summed E-state index contributed by atoms with van der Waals surface area (Å²) in [5.41, 5.74) is 4.25. The number of benzene rings is 3. The van der Waals surface area contributed by atoms with Gasteiger partial charge in [0.05, 0.1) is 42.8 Å². The molecule has 0 aliphatic heterocycles. The average Bonchev–Trinajstić information content (AvgIpc) is 3.15.